The Labute approximate surface area is 197 Å². The molecule has 3 aromatic rings. The fraction of sp³-hybridized carbons (Fsp3) is 0.269. The summed E-state index contributed by atoms with van der Waals surface area (Å²) in [6.07, 6.45) is 5.78. The maximum atomic E-state index is 13.4. The van der Waals surface area contributed by atoms with Gasteiger partial charge in [0, 0.05) is 31.0 Å². The highest BCUT2D eigenvalue weighted by Gasteiger charge is 2.45. The number of aliphatic hydroxyl groups is 1. The minimum absolute atomic E-state index is 0.00172. The highest BCUT2D eigenvalue weighted by Crippen LogP contribution is 2.40. The number of likely N-dealkylation sites (tertiary alicyclic amines) is 1. The van der Waals surface area contributed by atoms with E-state index in [4.69, 9.17) is 4.74 Å². The summed E-state index contributed by atoms with van der Waals surface area (Å²) in [6.45, 7) is 4.77. The summed E-state index contributed by atoms with van der Waals surface area (Å²) in [4.78, 5) is 31.6. The van der Waals surface area contributed by atoms with Gasteiger partial charge in [-0.3, -0.25) is 9.59 Å². The van der Waals surface area contributed by atoms with Crippen molar-refractivity contribution in [3.63, 3.8) is 0 Å². The Morgan fingerprint density at radius 3 is 2.41 bits per heavy atom. The summed E-state index contributed by atoms with van der Waals surface area (Å²) < 4.78 is 21.0. The molecule has 1 atom stereocenters. The molecule has 7 nitrogen and oxygen atoms in total. The number of aromatic nitrogens is 2. The molecule has 1 fully saturated rings. The monoisotopic (exact) mass is 463 g/mol. The third-order valence-corrected chi connectivity index (χ3v) is 5.60. The van der Waals surface area contributed by atoms with Crippen molar-refractivity contribution in [3.8, 4) is 5.75 Å². The van der Waals surface area contributed by atoms with E-state index in [1.165, 1.54) is 29.2 Å². The molecule has 0 saturated carbocycles. The molecule has 4 rings (SSSR count). The molecule has 0 spiro atoms. The number of hydrogen-bond acceptors (Lipinski definition) is 5. The van der Waals surface area contributed by atoms with E-state index in [9.17, 15) is 19.1 Å². The van der Waals surface area contributed by atoms with Crippen LogP contribution in [0, 0.1) is 5.82 Å². The first-order chi connectivity index (χ1) is 16.3. The lowest BCUT2D eigenvalue weighted by Gasteiger charge is -2.25. The minimum Gasteiger partial charge on any atom is -0.507 e. The molecule has 8 heteroatoms. The smallest absolute Gasteiger partial charge is 0.295 e. The van der Waals surface area contributed by atoms with Crippen molar-refractivity contribution in [2.45, 2.75) is 39.0 Å². The number of amides is 1. The number of hydrogen-bond donors (Lipinski definition) is 1. The number of aliphatic hydroxyl groups excluding tert-OH is 1. The maximum Gasteiger partial charge on any atom is 0.295 e. The molecule has 0 bridgehead atoms. The predicted octanol–water partition coefficient (Wildman–Crippen LogP) is 4.32. The van der Waals surface area contributed by atoms with Crippen molar-refractivity contribution in [1.29, 1.82) is 0 Å². The highest BCUT2D eigenvalue weighted by atomic mass is 19.1. The molecule has 1 aromatic heterocycles. The van der Waals surface area contributed by atoms with Gasteiger partial charge in [0.15, 0.2) is 0 Å². The number of ketones is 1. The SMILES string of the molecule is CC(C)Oc1ccc([C@H]2/C(=C(\O)c3ccc(F)cc3)C(=O)C(=O)N2CCCn2ccnc2)cc1. The maximum absolute atomic E-state index is 13.4. The topological polar surface area (TPSA) is 84.7 Å². The summed E-state index contributed by atoms with van der Waals surface area (Å²) in [5.41, 5.74) is 0.918. The van der Waals surface area contributed by atoms with Gasteiger partial charge in [-0.25, -0.2) is 9.37 Å². The molecule has 2 aromatic carbocycles. The van der Waals surface area contributed by atoms with E-state index >= 15 is 0 Å². The summed E-state index contributed by atoms with van der Waals surface area (Å²) in [6, 6.07) is 11.5. The lowest BCUT2D eigenvalue weighted by atomic mass is 9.95. The number of nitrogens with zero attached hydrogens (tertiary/aromatic N) is 3. The largest absolute Gasteiger partial charge is 0.507 e. The third-order valence-electron chi connectivity index (χ3n) is 5.60. The van der Waals surface area contributed by atoms with Crippen molar-refractivity contribution in [2.24, 2.45) is 0 Å². The predicted molar refractivity (Wildman–Crippen MR) is 124 cm³/mol. The standard InChI is InChI=1S/C26H26FN3O4/c1-17(2)34-21-10-6-18(7-11-21)23-22(24(31)19-4-8-20(27)9-5-19)25(32)26(33)30(23)14-3-13-29-15-12-28-16-29/h4-12,15-17,23,31H,3,13-14H2,1-2H3/b24-22+/t23-/m0/s1. The highest BCUT2D eigenvalue weighted by molar-refractivity contribution is 6.46. The van der Waals surface area contributed by atoms with Crippen LogP contribution >= 0.6 is 0 Å². The first-order valence-electron chi connectivity index (χ1n) is 11.1. The van der Waals surface area contributed by atoms with Crippen LogP contribution in [0.5, 0.6) is 5.75 Å². The zero-order valence-corrected chi connectivity index (χ0v) is 19.0. The van der Waals surface area contributed by atoms with Gasteiger partial charge in [-0.15, -0.1) is 0 Å². The van der Waals surface area contributed by atoms with E-state index in [0.29, 0.717) is 30.8 Å². The fourth-order valence-electron chi connectivity index (χ4n) is 4.06. The first-order valence-corrected chi connectivity index (χ1v) is 11.1. The van der Waals surface area contributed by atoms with Crippen molar-refractivity contribution in [3.05, 3.63) is 89.8 Å². The van der Waals surface area contributed by atoms with Crippen LogP contribution in [-0.4, -0.2) is 43.9 Å². The van der Waals surface area contributed by atoms with Crippen LogP contribution in [0.25, 0.3) is 5.76 Å². The number of carbonyl (C=O) groups excluding carboxylic acids is 2. The third kappa shape index (κ3) is 4.85. The van der Waals surface area contributed by atoms with Crippen LogP contribution in [0.15, 0.2) is 72.8 Å². The van der Waals surface area contributed by atoms with Gasteiger partial charge < -0.3 is 19.3 Å². The summed E-state index contributed by atoms with van der Waals surface area (Å²) in [5.74, 6) is -1.58. The minimum atomic E-state index is -0.777. The average molecular weight is 464 g/mol. The van der Waals surface area contributed by atoms with Gasteiger partial charge >= 0.3 is 0 Å². The number of carbonyl (C=O) groups is 2. The van der Waals surface area contributed by atoms with E-state index in [1.54, 1.807) is 36.8 Å². The Balaban J connectivity index is 1.71. The second-order valence-corrected chi connectivity index (χ2v) is 8.39. The molecule has 1 aliphatic heterocycles. The molecule has 0 aliphatic carbocycles. The molecule has 1 aliphatic rings. The second kappa shape index (κ2) is 9.91. The number of benzene rings is 2. The Morgan fingerprint density at radius 1 is 1.09 bits per heavy atom. The van der Waals surface area contributed by atoms with Crippen molar-refractivity contribution < 1.29 is 23.8 Å². The molecule has 1 saturated heterocycles. The van der Waals surface area contributed by atoms with E-state index in [0.717, 1.165) is 0 Å². The van der Waals surface area contributed by atoms with E-state index < -0.39 is 23.5 Å². The lowest BCUT2D eigenvalue weighted by molar-refractivity contribution is -0.139. The van der Waals surface area contributed by atoms with Crippen LogP contribution in [0.3, 0.4) is 0 Å². The average Bonchev–Trinajstić information content (AvgIpc) is 3.42. The molecular weight excluding hydrogens is 437 g/mol. The van der Waals surface area contributed by atoms with E-state index in [2.05, 4.69) is 4.98 Å². The summed E-state index contributed by atoms with van der Waals surface area (Å²) in [5, 5.41) is 11.0. The molecule has 0 radical (unpaired) electrons. The number of halogens is 1. The van der Waals surface area contributed by atoms with Gasteiger partial charge in [-0.2, -0.15) is 0 Å². The zero-order valence-electron chi connectivity index (χ0n) is 19.0. The van der Waals surface area contributed by atoms with Crippen molar-refractivity contribution >= 4 is 17.4 Å². The Kier molecular flexibility index (Phi) is 6.77. The van der Waals surface area contributed by atoms with E-state index in [1.807, 2.05) is 24.6 Å². The van der Waals surface area contributed by atoms with Gasteiger partial charge in [0.25, 0.3) is 11.7 Å². The van der Waals surface area contributed by atoms with Crippen molar-refractivity contribution in [2.75, 3.05) is 6.54 Å². The Bertz CT molecular complexity index is 1190. The Morgan fingerprint density at radius 2 is 1.79 bits per heavy atom. The van der Waals surface area contributed by atoms with Crippen LogP contribution in [-0.2, 0) is 16.1 Å². The van der Waals surface area contributed by atoms with Crippen LogP contribution in [0.1, 0.15) is 37.4 Å². The molecular formula is C26H26FN3O4. The fourth-order valence-corrected chi connectivity index (χ4v) is 4.06. The second-order valence-electron chi connectivity index (χ2n) is 8.39. The number of rotatable bonds is 8. The number of aryl methyl sites for hydroxylation is 1. The molecule has 0 unspecified atom stereocenters. The van der Waals surface area contributed by atoms with Crippen LogP contribution in [0.2, 0.25) is 0 Å². The van der Waals surface area contributed by atoms with Gasteiger partial charge in [0.05, 0.1) is 24.0 Å². The quantitative estimate of drug-likeness (QED) is 0.306. The number of ether oxygens (including phenoxy) is 1. The lowest BCUT2D eigenvalue weighted by Crippen LogP contribution is -2.31. The van der Waals surface area contributed by atoms with Crippen LogP contribution < -0.4 is 4.74 Å². The van der Waals surface area contributed by atoms with Crippen LogP contribution in [0.4, 0.5) is 4.39 Å². The first kappa shape index (κ1) is 23.2. The Hall–Kier alpha value is -3.94. The molecule has 176 valence electrons. The van der Waals surface area contributed by atoms with Gasteiger partial charge in [0.1, 0.15) is 17.3 Å². The number of imidazole rings is 1. The molecule has 34 heavy (non-hydrogen) atoms. The number of Topliss-reactive ketones (excluding diaryl/α,β-unsaturated/α-hetero) is 1. The van der Waals surface area contributed by atoms with E-state index in [-0.39, 0.29) is 23.0 Å². The van der Waals surface area contributed by atoms with Crippen molar-refractivity contribution in [1.82, 2.24) is 14.5 Å². The van der Waals surface area contributed by atoms with Gasteiger partial charge in [-0.05, 0) is 62.2 Å². The summed E-state index contributed by atoms with van der Waals surface area (Å²) >= 11 is 0. The normalized spacial score (nSPS) is 17.5. The summed E-state index contributed by atoms with van der Waals surface area (Å²) in [7, 11) is 0. The molecule has 1 N–H and O–H groups in total. The molecule has 1 amide bonds. The van der Waals surface area contributed by atoms with Gasteiger partial charge in [0.2, 0.25) is 0 Å². The van der Waals surface area contributed by atoms with Gasteiger partial charge in [-0.1, -0.05) is 12.1 Å². The zero-order chi connectivity index (χ0) is 24.2. The molecule has 2 heterocycles.